The summed E-state index contributed by atoms with van der Waals surface area (Å²) in [4.78, 5) is 33.9. The van der Waals surface area contributed by atoms with Gasteiger partial charge in [0, 0.05) is 40.6 Å². The van der Waals surface area contributed by atoms with Crippen LogP contribution in [0.4, 0.5) is 5.69 Å². The third kappa shape index (κ3) is 6.24. The molecule has 1 amide bonds. The number of carbonyl (C=O) groups excluding carboxylic acids is 3. The number of para-hydroxylation sites is 1. The third-order valence-electron chi connectivity index (χ3n) is 5.72. The number of hydrogen-bond donors (Lipinski definition) is 2. The summed E-state index contributed by atoms with van der Waals surface area (Å²) in [5.41, 5.74) is 3.74. The van der Waals surface area contributed by atoms with Crippen LogP contribution >= 0.6 is 23.4 Å². The van der Waals surface area contributed by atoms with Crippen molar-refractivity contribution in [3.63, 3.8) is 0 Å². The fraction of sp³-hybridized carbons (Fsp3) is 0.320. The molecule has 2 aromatic carbocycles. The molecule has 1 aliphatic heterocycles. The second-order valence-corrected chi connectivity index (χ2v) is 9.28. The molecule has 2 N–H and O–H groups in total. The Morgan fingerprint density at radius 1 is 1.12 bits per heavy atom. The number of fused-ring (bicyclic) bond motifs is 1. The normalized spacial score (nSPS) is 15.6. The number of amides is 1. The van der Waals surface area contributed by atoms with Crippen LogP contribution in [0.25, 0.3) is 5.57 Å². The molecule has 168 valence electrons. The maximum absolute atomic E-state index is 13.1. The Morgan fingerprint density at radius 3 is 2.53 bits per heavy atom. The molecule has 0 saturated heterocycles. The van der Waals surface area contributed by atoms with E-state index < -0.39 is 6.04 Å². The lowest BCUT2D eigenvalue weighted by Gasteiger charge is -2.26. The number of hydrogen-bond acceptors (Lipinski definition) is 5. The summed E-state index contributed by atoms with van der Waals surface area (Å²) in [7, 11) is 0. The molecule has 1 unspecified atom stereocenters. The minimum atomic E-state index is -0.573. The van der Waals surface area contributed by atoms with Gasteiger partial charge in [-0.25, -0.2) is 0 Å². The average molecular weight is 471 g/mol. The molecule has 32 heavy (non-hydrogen) atoms. The van der Waals surface area contributed by atoms with E-state index in [4.69, 9.17) is 16.4 Å². The van der Waals surface area contributed by atoms with Gasteiger partial charge in [0.05, 0.1) is 0 Å². The molecule has 4 rings (SSSR count). The zero-order valence-corrected chi connectivity index (χ0v) is 19.4. The molecule has 0 aromatic heterocycles. The van der Waals surface area contributed by atoms with Gasteiger partial charge in [-0.3, -0.25) is 9.59 Å². The molecule has 0 bridgehead atoms. The fourth-order valence-electron chi connectivity index (χ4n) is 3.72. The molecular weight excluding hydrogens is 444 g/mol. The van der Waals surface area contributed by atoms with Crippen LogP contribution in [0.5, 0.6) is 0 Å². The Balaban J connectivity index is 0.00000141. The van der Waals surface area contributed by atoms with Crippen molar-refractivity contribution in [3.8, 4) is 0 Å². The molecule has 7 heteroatoms. The molecule has 0 radical (unpaired) electrons. The van der Waals surface area contributed by atoms with Gasteiger partial charge in [-0.1, -0.05) is 54.1 Å². The molecule has 5 nitrogen and oxygen atoms in total. The van der Waals surface area contributed by atoms with Gasteiger partial charge in [-0.05, 0) is 54.7 Å². The van der Waals surface area contributed by atoms with E-state index in [-0.39, 0.29) is 11.0 Å². The quantitative estimate of drug-likeness (QED) is 0.580. The largest absolute Gasteiger partial charge is 0.381 e. The second kappa shape index (κ2) is 11.9. The Morgan fingerprint density at radius 2 is 1.84 bits per heavy atom. The summed E-state index contributed by atoms with van der Waals surface area (Å²) < 4.78 is 0. The van der Waals surface area contributed by atoms with Crippen molar-refractivity contribution in [2.45, 2.75) is 31.7 Å². The molecule has 1 atom stereocenters. The van der Waals surface area contributed by atoms with Crippen LogP contribution in [0, 0.1) is 5.92 Å². The van der Waals surface area contributed by atoms with Crippen molar-refractivity contribution in [1.82, 2.24) is 5.32 Å². The van der Waals surface area contributed by atoms with Gasteiger partial charge < -0.3 is 15.4 Å². The van der Waals surface area contributed by atoms with Crippen LogP contribution in [0.2, 0.25) is 5.02 Å². The Kier molecular flexibility index (Phi) is 8.94. The number of thioether (sulfide) groups is 1. The van der Waals surface area contributed by atoms with Crippen molar-refractivity contribution < 1.29 is 14.4 Å². The van der Waals surface area contributed by atoms with Crippen LogP contribution in [0.15, 0.2) is 54.6 Å². The maximum Gasteiger partial charge on any atom is 0.251 e. The number of nitrogens with one attached hydrogen (secondary N) is 2. The lowest BCUT2D eigenvalue weighted by molar-refractivity contribution is -0.112. The van der Waals surface area contributed by atoms with Crippen molar-refractivity contribution >= 4 is 52.4 Å². The second-order valence-electron chi connectivity index (χ2n) is 7.82. The highest BCUT2D eigenvalue weighted by Crippen LogP contribution is 2.33. The van der Waals surface area contributed by atoms with E-state index in [0.717, 1.165) is 22.6 Å². The van der Waals surface area contributed by atoms with Crippen molar-refractivity contribution in [2.75, 3.05) is 17.6 Å². The topological polar surface area (TPSA) is 75.3 Å². The third-order valence-corrected chi connectivity index (χ3v) is 7.18. The number of rotatable bonds is 7. The van der Waals surface area contributed by atoms with E-state index in [1.165, 1.54) is 31.0 Å². The number of carbonyl (C=O) groups is 3. The minimum Gasteiger partial charge on any atom is -0.381 e. The van der Waals surface area contributed by atoms with Gasteiger partial charge >= 0.3 is 0 Å². The first-order valence-electron chi connectivity index (χ1n) is 10.6. The van der Waals surface area contributed by atoms with Gasteiger partial charge in [-0.2, -0.15) is 0 Å². The van der Waals surface area contributed by atoms with Gasteiger partial charge in [0.15, 0.2) is 0 Å². The van der Waals surface area contributed by atoms with Crippen LogP contribution in [-0.4, -0.2) is 36.2 Å². The van der Waals surface area contributed by atoms with Crippen LogP contribution in [0.1, 0.15) is 41.6 Å². The van der Waals surface area contributed by atoms with E-state index >= 15 is 0 Å². The summed E-state index contributed by atoms with van der Waals surface area (Å²) in [5.74, 6) is 1.21. The van der Waals surface area contributed by atoms with Crippen LogP contribution < -0.4 is 10.6 Å². The van der Waals surface area contributed by atoms with E-state index in [9.17, 15) is 9.59 Å². The van der Waals surface area contributed by atoms with Gasteiger partial charge in [0.1, 0.15) is 12.8 Å². The molecule has 2 aromatic rings. The average Bonchev–Trinajstić information content (AvgIpc) is 2.79. The number of anilines is 1. The van der Waals surface area contributed by atoms with Crippen LogP contribution in [0.3, 0.4) is 0 Å². The highest BCUT2D eigenvalue weighted by atomic mass is 35.5. The monoisotopic (exact) mass is 470 g/mol. The molecule has 1 aliphatic carbocycles. The predicted octanol–water partition coefficient (Wildman–Crippen LogP) is 5.21. The van der Waals surface area contributed by atoms with Crippen LogP contribution in [-0.2, 0) is 9.59 Å². The SMILES string of the molecule is C=O.O=C(NC(CC1=CCNc2ccccc21)C(=O)SCC1CCC1)c1ccc(Cl)cc1. The molecule has 1 saturated carbocycles. The van der Waals surface area contributed by atoms with E-state index in [1.54, 1.807) is 24.3 Å². The predicted molar refractivity (Wildman–Crippen MR) is 132 cm³/mol. The first kappa shape index (κ1) is 24.1. The summed E-state index contributed by atoms with van der Waals surface area (Å²) in [5, 5.41) is 6.94. The Labute approximate surface area is 198 Å². The zero-order valence-electron chi connectivity index (χ0n) is 17.8. The summed E-state index contributed by atoms with van der Waals surface area (Å²) >= 11 is 7.30. The van der Waals surface area contributed by atoms with E-state index in [2.05, 4.69) is 22.8 Å². The fourth-order valence-corrected chi connectivity index (χ4v) is 4.92. The molecule has 2 aliphatic rings. The van der Waals surface area contributed by atoms with E-state index in [0.29, 0.717) is 29.5 Å². The first-order valence-corrected chi connectivity index (χ1v) is 12.0. The summed E-state index contributed by atoms with van der Waals surface area (Å²) in [6.45, 7) is 2.72. The van der Waals surface area contributed by atoms with Gasteiger partial charge in [0.2, 0.25) is 5.12 Å². The van der Waals surface area contributed by atoms with Gasteiger partial charge in [-0.15, -0.1) is 0 Å². The van der Waals surface area contributed by atoms with Gasteiger partial charge in [0.25, 0.3) is 5.91 Å². The molecular formula is C25H27ClN2O3S. The number of halogens is 1. The molecule has 0 spiro atoms. The smallest absolute Gasteiger partial charge is 0.251 e. The standard InChI is InChI=1S/C24H25ClN2O2S.CH2O/c25-19-10-8-17(9-11-19)23(28)27-22(24(29)30-15-16-4-3-5-16)14-18-12-13-26-21-7-2-1-6-20(18)21;1-2/h1-2,6-12,16,22,26H,3-5,13-15H2,(H,27,28);1H2. The van der Waals surface area contributed by atoms with Crippen molar-refractivity contribution in [1.29, 1.82) is 0 Å². The van der Waals surface area contributed by atoms with Crippen molar-refractivity contribution in [2.24, 2.45) is 5.92 Å². The first-order chi connectivity index (χ1) is 15.6. The lowest BCUT2D eigenvalue weighted by Crippen LogP contribution is -2.40. The highest BCUT2D eigenvalue weighted by Gasteiger charge is 2.27. The minimum absolute atomic E-state index is 0.0288. The molecule has 1 heterocycles. The van der Waals surface area contributed by atoms with Crippen molar-refractivity contribution in [3.05, 3.63) is 70.8 Å². The number of benzene rings is 2. The maximum atomic E-state index is 13.1. The molecule has 1 fully saturated rings. The summed E-state index contributed by atoms with van der Waals surface area (Å²) in [6, 6.07) is 14.2. The lowest BCUT2D eigenvalue weighted by atomic mass is 9.87. The van der Waals surface area contributed by atoms with E-state index in [1.807, 2.05) is 25.0 Å². The Hall–Kier alpha value is -2.57. The highest BCUT2D eigenvalue weighted by molar-refractivity contribution is 8.13. The zero-order chi connectivity index (χ0) is 22.9. The summed E-state index contributed by atoms with van der Waals surface area (Å²) in [6.07, 6.45) is 6.24. The Bertz CT molecular complexity index is 973.